The van der Waals surface area contributed by atoms with Crippen LogP contribution >= 0.6 is 0 Å². The standard InChI is InChI=1S/C17H17N2O5.BrH.H2O/c1-3-24-17(21)14-5-4-8-18(10-14)11-16(20)13-7-6-12(2)15(9-13)19(22)23;;/h4-10H,3,11H2,1-2H3;1H;1H2/q+1;;/p-1. The molecular formula is C17H19BrN2O6. The van der Waals surface area contributed by atoms with E-state index in [1.54, 1.807) is 48.9 Å². The fourth-order valence-corrected chi connectivity index (χ4v) is 2.19. The number of pyridine rings is 1. The van der Waals surface area contributed by atoms with E-state index in [0.29, 0.717) is 11.1 Å². The van der Waals surface area contributed by atoms with Crippen LogP contribution in [0.25, 0.3) is 0 Å². The number of nitro benzene ring substituents is 1. The van der Waals surface area contributed by atoms with Crippen molar-refractivity contribution in [2.75, 3.05) is 6.61 Å². The second-order valence-corrected chi connectivity index (χ2v) is 5.17. The highest BCUT2D eigenvalue weighted by Gasteiger charge is 2.19. The number of hydrogen-bond donors (Lipinski definition) is 0. The van der Waals surface area contributed by atoms with Crippen LogP contribution in [0.5, 0.6) is 0 Å². The van der Waals surface area contributed by atoms with Crippen LogP contribution in [0, 0.1) is 17.0 Å². The lowest BCUT2D eigenvalue weighted by Crippen LogP contribution is -3.00. The number of carbonyl (C=O) groups is 2. The van der Waals surface area contributed by atoms with Crippen LogP contribution in [-0.2, 0) is 11.3 Å². The Morgan fingerprint density at radius 2 is 1.92 bits per heavy atom. The second kappa shape index (κ2) is 10.4. The van der Waals surface area contributed by atoms with Gasteiger partial charge in [-0.1, -0.05) is 12.1 Å². The van der Waals surface area contributed by atoms with Crippen LogP contribution in [-0.4, -0.2) is 28.8 Å². The summed E-state index contributed by atoms with van der Waals surface area (Å²) in [5, 5.41) is 11.0. The number of nitro groups is 1. The van der Waals surface area contributed by atoms with Gasteiger partial charge in [-0.15, -0.1) is 0 Å². The summed E-state index contributed by atoms with van der Waals surface area (Å²) in [6, 6.07) is 7.60. The van der Waals surface area contributed by atoms with E-state index in [-0.39, 0.29) is 52.6 Å². The third-order valence-electron chi connectivity index (χ3n) is 3.42. The zero-order valence-corrected chi connectivity index (χ0v) is 15.9. The van der Waals surface area contributed by atoms with E-state index in [1.165, 1.54) is 12.3 Å². The number of carbonyl (C=O) groups excluding carboxylic acids is 2. The lowest BCUT2D eigenvalue weighted by atomic mass is 10.1. The van der Waals surface area contributed by atoms with E-state index < -0.39 is 10.9 Å². The number of aryl methyl sites for hydroxylation is 1. The summed E-state index contributed by atoms with van der Waals surface area (Å²) in [5.74, 6) is -0.755. The minimum atomic E-state index is -0.513. The number of Topliss-reactive ketones (excluding diaryl/α,β-unsaturated/α-hetero) is 1. The monoisotopic (exact) mass is 426 g/mol. The molecule has 2 aromatic rings. The van der Waals surface area contributed by atoms with Gasteiger partial charge in [-0.05, 0) is 19.9 Å². The van der Waals surface area contributed by atoms with Gasteiger partial charge < -0.3 is 27.2 Å². The van der Waals surface area contributed by atoms with Gasteiger partial charge in [0.05, 0.1) is 11.5 Å². The molecule has 0 atom stereocenters. The van der Waals surface area contributed by atoms with Gasteiger partial charge in [0.25, 0.3) is 5.69 Å². The molecule has 1 aromatic carbocycles. The Bertz CT molecular complexity index is 810. The van der Waals surface area contributed by atoms with E-state index in [0.717, 1.165) is 0 Å². The van der Waals surface area contributed by atoms with Crippen LogP contribution in [0.2, 0.25) is 0 Å². The largest absolute Gasteiger partial charge is 1.00 e. The van der Waals surface area contributed by atoms with Gasteiger partial charge in [-0.2, -0.15) is 4.57 Å². The van der Waals surface area contributed by atoms with E-state index in [9.17, 15) is 19.7 Å². The van der Waals surface area contributed by atoms with Crippen molar-refractivity contribution in [3.05, 3.63) is 69.5 Å². The van der Waals surface area contributed by atoms with Gasteiger partial charge in [-0.3, -0.25) is 14.9 Å². The average molecular weight is 427 g/mol. The Balaban J connectivity index is 0.00000312. The minimum absolute atomic E-state index is 0. The van der Waals surface area contributed by atoms with E-state index in [1.807, 2.05) is 0 Å². The number of rotatable bonds is 6. The molecule has 1 aromatic heterocycles. The molecule has 1 heterocycles. The SMILES string of the molecule is CCOC(=O)c1ccc[n+](CC(=O)c2ccc(C)c([N+](=O)[O-])c2)c1.O.[Br-]. The fourth-order valence-electron chi connectivity index (χ4n) is 2.19. The van der Waals surface area contributed by atoms with Crippen molar-refractivity contribution >= 4 is 17.4 Å². The van der Waals surface area contributed by atoms with E-state index >= 15 is 0 Å². The summed E-state index contributed by atoms with van der Waals surface area (Å²) in [4.78, 5) is 34.5. The number of benzene rings is 1. The predicted octanol–water partition coefficient (Wildman–Crippen LogP) is -1.57. The Morgan fingerprint density at radius 1 is 1.23 bits per heavy atom. The van der Waals surface area contributed by atoms with Crippen molar-refractivity contribution in [2.24, 2.45) is 0 Å². The molecule has 0 spiro atoms. The minimum Gasteiger partial charge on any atom is -1.00 e. The van der Waals surface area contributed by atoms with Gasteiger partial charge >= 0.3 is 5.97 Å². The van der Waals surface area contributed by atoms with Crippen LogP contribution in [0.3, 0.4) is 0 Å². The van der Waals surface area contributed by atoms with Crippen molar-refractivity contribution in [1.82, 2.24) is 0 Å². The summed E-state index contributed by atoms with van der Waals surface area (Å²) >= 11 is 0. The average Bonchev–Trinajstić information content (AvgIpc) is 2.55. The molecule has 0 unspecified atom stereocenters. The molecule has 9 heteroatoms. The highest BCUT2D eigenvalue weighted by Crippen LogP contribution is 2.19. The molecule has 26 heavy (non-hydrogen) atoms. The topological polar surface area (TPSA) is 122 Å². The third-order valence-corrected chi connectivity index (χ3v) is 3.42. The molecule has 8 nitrogen and oxygen atoms in total. The van der Waals surface area contributed by atoms with Crippen molar-refractivity contribution in [3.63, 3.8) is 0 Å². The number of aromatic nitrogens is 1. The normalized spacial score (nSPS) is 9.46. The number of hydrogen-bond acceptors (Lipinski definition) is 5. The maximum atomic E-state index is 12.3. The van der Waals surface area contributed by atoms with Crippen LogP contribution in [0.1, 0.15) is 33.2 Å². The first-order valence-corrected chi connectivity index (χ1v) is 7.37. The summed E-state index contributed by atoms with van der Waals surface area (Å²) < 4.78 is 6.46. The highest BCUT2D eigenvalue weighted by atomic mass is 79.9. The zero-order valence-electron chi connectivity index (χ0n) is 14.3. The quantitative estimate of drug-likeness (QED) is 0.181. The summed E-state index contributed by atoms with van der Waals surface area (Å²) in [6.45, 7) is 3.56. The van der Waals surface area contributed by atoms with Crippen molar-refractivity contribution in [3.8, 4) is 0 Å². The molecule has 0 amide bonds. The molecular weight excluding hydrogens is 408 g/mol. The molecule has 0 aliphatic carbocycles. The maximum Gasteiger partial charge on any atom is 0.344 e. The van der Waals surface area contributed by atoms with Crippen molar-refractivity contribution < 1.29 is 46.3 Å². The van der Waals surface area contributed by atoms with Crippen molar-refractivity contribution in [1.29, 1.82) is 0 Å². The lowest BCUT2D eigenvalue weighted by Gasteiger charge is -2.03. The molecule has 140 valence electrons. The Kier molecular flexibility index (Phi) is 9.31. The van der Waals surface area contributed by atoms with Crippen LogP contribution in [0.4, 0.5) is 5.69 Å². The molecule has 0 saturated heterocycles. The van der Waals surface area contributed by atoms with Gasteiger partial charge in [0.1, 0.15) is 5.56 Å². The highest BCUT2D eigenvalue weighted by molar-refractivity contribution is 5.95. The molecule has 0 aliphatic rings. The first-order valence-electron chi connectivity index (χ1n) is 7.37. The van der Waals surface area contributed by atoms with Gasteiger partial charge in [-0.25, -0.2) is 4.79 Å². The zero-order chi connectivity index (χ0) is 17.7. The lowest BCUT2D eigenvalue weighted by molar-refractivity contribution is -0.683. The predicted molar refractivity (Wildman–Crippen MR) is 88.4 cm³/mol. The van der Waals surface area contributed by atoms with Gasteiger partial charge in [0.2, 0.25) is 12.3 Å². The molecule has 0 aliphatic heterocycles. The number of ether oxygens (including phenoxy) is 1. The first-order chi connectivity index (χ1) is 11.4. The van der Waals surface area contributed by atoms with Crippen molar-refractivity contribution in [2.45, 2.75) is 20.4 Å². The third kappa shape index (κ3) is 5.71. The molecule has 0 fully saturated rings. The molecule has 2 N–H and O–H groups in total. The Labute approximate surface area is 160 Å². The number of ketones is 1. The molecule has 0 bridgehead atoms. The first kappa shape index (κ1) is 23.4. The number of esters is 1. The van der Waals surface area contributed by atoms with Gasteiger partial charge in [0.15, 0.2) is 12.4 Å². The molecule has 0 saturated carbocycles. The summed E-state index contributed by atoms with van der Waals surface area (Å²) in [7, 11) is 0. The van der Waals surface area contributed by atoms with Crippen LogP contribution < -0.4 is 21.5 Å². The maximum absolute atomic E-state index is 12.3. The summed E-state index contributed by atoms with van der Waals surface area (Å²) in [5.41, 5.74) is 0.989. The molecule has 0 radical (unpaired) electrons. The van der Waals surface area contributed by atoms with Crippen LogP contribution in [0.15, 0.2) is 42.7 Å². The smallest absolute Gasteiger partial charge is 0.344 e. The number of halogens is 1. The van der Waals surface area contributed by atoms with E-state index in [2.05, 4.69) is 0 Å². The molecule has 2 rings (SSSR count). The fraction of sp³-hybridized carbons (Fsp3) is 0.235. The summed E-state index contributed by atoms with van der Waals surface area (Å²) in [6.07, 6.45) is 3.15. The van der Waals surface area contributed by atoms with E-state index in [4.69, 9.17) is 4.74 Å². The number of nitrogens with zero attached hydrogens (tertiary/aromatic N) is 2. The Hall–Kier alpha value is -2.65. The Morgan fingerprint density at radius 3 is 2.54 bits per heavy atom. The van der Waals surface area contributed by atoms with Gasteiger partial charge in [0, 0.05) is 23.3 Å². The second-order valence-electron chi connectivity index (χ2n) is 5.17.